The average molecular weight is 349 g/mol. The molecule has 1 aliphatic carbocycles. The van der Waals surface area contributed by atoms with Crippen molar-refractivity contribution in [3.05, 3.63) is 52.7 Å². The maximum atomic E-state index is 12.3. The molecule has 0 spiro atoms. The maximum absolute atomic E-state index is 12.3. The highest BCUT2D eigenvalue weighted by Gasteiger charge is 2.26. The Morgan fingerprint density at radius 3 is 2.65 bits per heavy atom. The molecule has 2 aliphatic rings. The molecule has 0 amide bonds. The second-order valence-electron chi connectivity index (χ2n) is 7.59. The Morgan fingerprint density at radius 2 is 1.92 bits per heavy atom. The van der Waals surface area contributed by atoms with Gasteiger partial charge in [-0.25, -0.2) is 9.97 Å². The van der Waals surface area contributed by atoms with Crippen molar-refractivity contribution < 1.29 is 0 Å². The van der Waals surface area contributed by atoms with Crippen LogP contribution < -0.4 is 10.5 Å². The zero-order valence-corrected chi connectivity index (χ0v) is 14.8. The molecule has 3 aromatic rings. The molecule has 5 rings (SSSR count). The lowest BCUT2D eigenvalue weighted by atomic mass is 9.97. The minimum absolute atomic E-state index is 0.0987. The predicted molar refractivity (Wildman–Crippen MR) is 102 cm³/mol. The first-order valence-electron chi connectivity index (χ1n) is 9.52. The molecule has 2 fully saturated rings. The van der Waals surface area contributed by atoms with E-state index in [-0.39, 0.29) is 5.56 Å². The smallest absolute Gasteiger partial charge is 0.253 e. The summed E-state index contributed by atoms with van der Waals surface area (Å²) < 4.78 is 1.79. The SMILES string of the molecule is O=c1cc(C2CC2)ncn1CC1CCN(c2nc3ccccc3[nH]2)CC1. The van der Waals surface area contributed by atoms with Crippen molar-refractivity contribution in [3.8, 4) is 0 Å². The number of rotatable bonds is 4. The molecule has 6 heteroatoms. The van der Waals surface area contributed by atoms with E-state index in [4.69, 9.17) is 4.98 Å². The standard InChI is InChI=1S/C20H23N5O/c26-19-11-18(15-5-6-15)21-13-25(19)12-14-7-9-24(10-8-14)20-22-16-3-1-2-4-17(16)23-20/h1-4,11,13-15H,5-10,12H2,(H,22,23). The fourth-order valence-electron chi connectivity index (χ4n) is 3.87. The van der Waals surface area contributed by atoms with Crippen LogP contribution in [0.4, 0.5) is 5.95 Å². The van der Waals surface area contributed by atoms with Gasteiger partial charge in [0, 0.05) is 31.6 Å². The van der Waals surface area contributed by atoms with Gasteiger partial charge in [-0.3, -0.25) is 9.36 Å². The van der Waals surface area contributed by atoms with Crippen molar-refractivity contribution in [2.75, 3.05) is 18.0 Å². The van der Waals surface area contributed by atoms with Crippen LogP contribution in [0.25, 0.3) is 11.0 Å². The molecule has 3 heterocycles. The van der Waals surface area contributed by atoms with Gasteiger partial charge in [-0.2, -0.15) is 0 Å². The monoisotopic (exact) mass is 349 g/mol. The van der Waals surface area contributed by atoms with Gasteiger partial charge in [0.1, 0.15) is 0 Å². The van der Waals surface area contributed by atoms with E-state index in [0.29, 0.717) is 11.8 Å². The second kappa shape index (κ2) is 6.27. The van der Waals surface area contributed by atoms with Crippen LogP contribution >= 0.6 is 0 Å². The molecular formula is C20H23N5O. The van der Waals surface area contributed by atoms with E-state index in [1.807, 2.05) is 18.2 Å². The number of hydrogen-bond donors (Lipinski definition) is 1. The van der Waals surface area contributed by atoms with Gasteiger partial charge in [0.05, 0.1) is 23.1 Å². The molecule has 1 aromatic carbocycles. The van der Waals surface area contributed by atoms with E-state index >= 15 is 0 Å². The molecule has 1 saturated carbocycles. The Bertz CT molecular complexity index is 946. The third-order valence-corrected chi connectivity index (χ3v) is 5.64. The summed E-state index contributed by atoms with van der Waals surface area (Å²) in [5.74, 6) is 2.00. The summed E-state index contributed by atoms with van der Waals surface area (Å²) in [5.41, 5.74) is 3.17. The first-order valence-corrected chi connectivity index (χ1v) is 9.52. The van der Waals surface area contributed by atoms with Gasteiger partial charge >= 0.3 is 0 Å². The van der Waals surface area contributed by atoms with Gasteiger partial charge in [0.15, 0.2) is 0 Å². The molecule has 134 valence electrons. The lowest BCUT2D eigenvalue weighted by molar-refractivity contribution is 0.349. The summed E-state index contributed by atoms with van der Waals surface area (Å²) in [6.45, 7) is 2.70. The summed E-state index contributed by atoms with van der Waals surface area (Å²) in [4.78, 5) is 27.2. The van der Waals surface area contributed by atoms with Crippen LogP contribution in [0.15, 0.2) is 41.5 Å². The Labute approximate surface area is 151 Å². The van der Waals surface area contributed by atoms with Gasteiger partial charge in [-0.1, -0.05) is 12.1 Å². The molecule has 1 N–H and O–H groups in total. The largest absolute Gasteiger partial charge is 0.342 e. The van der Waals surface area contributed by atoms with Gasteiger partial charge in [-0.05, 0) is 43.7 Å². The molecule has 6 nitrogen and oxygen atoms in total. The van der Waals surface area contributed by atoms with Crippen molar-refractivity contribution in [3.63, 3.8) is 0 Å². The molecule has 2 aromatic heterocycles. The molecule has 0 unspecified atom stereocenters. The van der Waals surface area contributed by atoms with Crippen molar-refractivity contribution in [2.45, 2.75) is 38.1 Å². The van der Waals surface area contributed by atoms with Gasteiger partial charge in [0.2, 0.25) is 5.95 Å². The molecular weight excluding hydrogens is 326 g/mol. The molecule has 1 aliphatic heterocycles. The zero-order valence-electron chi connectivity index (χ0n) is 14.8. The van der Waals surface area contributed by atoms with Crippen LogP contribution in [0, 0.1) is 5.92 Å². The number of piperidine rings is 1. The van der Waals surface area contributed by atoms with E-state index in [1.165, 1.54) is 12.8 Å². The topological polar surface area (TPSA) is 66.8 Å². The third-order valence-electron chi connectivity index (χ3n) is 5.64. The maximum Gasteiger partial charge on any atom is 0.253 e. The number of aromatic amines is 1. The van der Waals surface area contributed by atoms with Gasteiger partial charge in [0.25, 0.3) is 5.56 Å². The number of nitrogens with one attached hydrogen (secondary N) is 1. The minimum atomic E-state index is 0.0987. The molecule has 26 heavy (non-hydrogen) atoms. The van der Waals surface area contributed by atoms with E-state index < -0.39 is 0 Å². The van der Waals surface area contributed by atoms with Crippen LogP contribution in [0.2, 0.25) is 0 Å². The first kappa shape index (κ1) is 15.6. The second-order valence-corrected chi connectivity index (χ2v) is 7.59. The number of aromatic nitrogens is 4. The van der Waals surface area contributed by atoms with Crippen molar-refractivity contribution in [1.82, 2.24) is 19.5 Å². The van der Waals surface area contributed by atoms with Crippen molar-refractivity contribution in [2.24, 2.45) is 5.92 Å². The summed E-state index contributed by atoms with van der Waals surface area (Å²) >= 11 is 0. The number of hydrogen-bond acceptors (Lipinski definition) is 4. The van der Waals surface area contributed by atoms with Crippen LogP contribution in [0.3, 0.4) is 0 Å². The fourth-order valence-corrected chi connectivity index (χ4v) is 3.87. The van der Waals surface area contributed by atoms with Crippen molar-refractivity contribution in [1.29, 1.82) is 0 Å². The van der Waals surface area contributed by atoms with E-state index in [1.54, 1.807) is 17.0 Å². The third kappa shape index (κ3) is 3.00. The summed E-state index contributed by atoms with van der Waals surface area (Å²) in [7, 11) is 0. The summed E-state index contributed by atoms with van der Waals surface area (Å²) in [6.07, 6.45) is 6.23. The Hall–Kier alpha value is -2.63. The molecule has 0 radical (unpaired) electrons. The Kier molecular flexibility index (Phi) is 3.76. The van der Waals surface area contributed by atoms with Crippen LogP contribution in [-0.2, 0) is 6.54 Å². The predicted octanol–water partition coefficient (Wildman–Crippen LogP) is 2.91. The summed E-state index contributed by atoms with van der Waals surface area (Å²) in [6, 6.07) is 9.87. The van der Waals surface area contributed by atoms with E-state index in [0.717, 1.165) is 55.2 Å². The lowest BCUT2D eigenvalue weighted by Gasteiger charge is -2.31. The first-order chi connectivity index (χ1) is 12.8. The number of nitrogens with zero attached hydrogens (tertiary/aromatic N) is 4. The molecule has 1 saturated heterocycles. The zero-order chi connectivity index (χ0) is 17.5. The number of para-hydroxylation sites is 2. The number of imidazole rings is 1. The van der Waals surface area contributed by atoms with Crippen LogP contribution in [-0.4, -0.2) is 32.6 Å². The van der Waals surface area contributed by atoms with Crippen LogP contribution in [0.5, 0.6) is 0 Å². The Balaban J connectivity index is 1.23. The highest BCUT2D eigenvalue weighted by atomic mass is 16.1. The lowest BCUT2D eigenvalue weighted by Crippen LogP contribution is -2.37. The highest BCUT2D eigenvalue weighted by molar-refractivity contribution is 5.77. The highest BCUT2D eigenvalue weighted by Crippen LogP contribution is 2.38. The Morgan fingerprint density at radius 1 is 1.12 bits per heavy atom. The van der Waals surface area contributed by atoms with Gasteiger partial charge in [-0.15, -0.1) is 0 Å². The number of fused-ring (bicyclic) bond motifs is 1. The number of H-pyrrole nitrogens is 1. The normalized spacial score (nSPS) is 18.5. The van der Waals surface area contributed by atoms with E-state index in [2.05, 4.69) is 20.9 Å². The van der Waals surface area contributed by atoms with Crippen LogP contribution in [0.1, 0.15) is 37.3 Å². The minimum Gasteiger partial charge on any atom is -0.342 e. The average Bonchev–Trinajstić information content (AvgIpc) is 3.42. The molecule has 0 atom stereocenters. The number of benzene rings is 1. The molecule has 0 bridgehead atoms. The fraction of sp³-hybridized carbons (Fsp3) is 0.450. The quantitative estimate of drug-likeness (QED) is 0.786. The van der Waals surface area contributed by atoms with Gasteiger partial charge < -0.3 is 9.88 Å². The number of anilines is 1. The summed E-state index contributed by atoms with van der Waals surface area (Å²) in [5, 5.41) is 0. The van der Waals surface area contributed by atoms with Crippen molar-refractivity contribution >= 4 is 17.0 Å². The van der Waals surface area contributed by atoms with E-state index in [9.17, 15) is 4.79 Å².